The van der Waals surface area contributed by atoms with Gasteiger partial charge >= 0.3 is 6.09 Å². The second-order valence-corrected chi connectivity index (χ2v) is 5.00. The van der Waals surface area contributed by atoms with Gasteiger partial charge in [-0.3, -0.25) is 0 Å². The number of hydrogen-bond acceptors (Lipinski definition) is 5. The van der Waals surface area contributed by atoms with E-state index in [9.17, 15) is 20.1 Å². The lowest BCUT2D eigenvalue weighted by Crippen LogP contribution is -2.51. The van der Waals surface area contributed by atoms with Crippen molar-refractivity contribution in [3.05, 3.63) is 35.9 Å². The summed E-state index contributed by atoms with van der Waals surface area (Å²) in [5.41, 5.74) is 0.877. The largest absolute Gasteiger partial charge is 0.445 e. The van der Waals surface area contributed by atoms with E-state index >= 15 is 0 Å². The number of ether oxygens (including phenoxy) is 1. The number of alkyl carbamates (subject to hydrolysis) is 1. The van der Waals surface area contributed by atoms with Crippen molar-refractivity contribution in [2.24, 2.45) is 0 Å². The molecule has 6 nitrogen and oxygen atoms in total. The summed E-state index contributed by atoms with van der Waals surface area (Å²) in [6, 6.07) is 8.86. The molecule has 0 unspecified atom stereocenters. The molecule has 0 bridgehead atoms. The van der Waals surface area contributed by atoms with Gasteiger partial charge in [0.25, 0.3) is 0 Å². The minimum Gasteiger partial charge on any atom is -0.445 e. The quantitative estimate of drug-likeness (QED) is 0.632. The zero-order chi connectivity index (χ0) is 14.5. The lowest BCUT2D eigenvalue weighted by Gasteiger charge is -2.34. The van der Waals surface area contributed by atoms with Gasteiger partial charge in [0, 0.05) is 6.04 Å². The van der Waals surface area contributed by atoms with Gasteiger partial charge in [0.2, 0.25) is 0 Å². The first-order valence-corrected chi connectivity index (χ1v) is 6.57. The van der Waals surface area contributed by atoms with Crippen molar-refractivity contribution in [3.63, 3.8) is 0 Å². The van der Waals surface area contributed by atoms with Crippen LogP contribution < -0.4 is 5.32 Å². The highest BCUT2D eigenvalue weighted by atomic mass is 16.5. The molecule has 0 heterocycles. The van der Waals surface area contributed by atoms with Crippen LogP contribution in [0.2, 0.25) is 0 Å². The van der Waals surface area contributed by atoms with Gasteiger partial charge in [0.05, 0.1) is 12.2 Å². The van der Waals surface area contributed by atoms with Gasteiger partial charge in [-0.05, 0) is 18.4 Å². The van der Waals surface area contributed by atoms with E-state index in [1.165, 1.54) is 0 Å². The van der Waals surface area contributed by atoms with E-state index < -0.39 is 30.4 Å². The lowest BCUT2D eigenvalue weighted by atomic mass is 9.88. The number of amides is 1. The summed E-state index contributed by atoms with van der Waals surface area (Å²) in [6.07, 6.45) is -3.46. The summed E-state index contributed by atoms with van der Waals surface area (Å²) in [5.74, 6) is 0. The molecule has 0 radical (unpaired) electrons. The lowest BCUT2D eigenvalue weighted by molar-refractivity contribution is -0.0920. The van der Waals surface area contributed by atoms with Crippen LogP contribution in [0.1, 0.15) is 18.4 Å². The number of carbonyl (C=O) groups excluding carboxylic acids is 1. The average molecular weight is 281 g/mol. The van der Waals surface area contributed by atoms with Crippen molar-refractivity contribution in [2.45, 2.75) is 43.8 Å². The maximum Gasteiger partial charge on any atom is 0.407 e. The van der Waals surface area contributed by atoms with E-state index in [-0.39, 0.29) is 19.4 Å². The van der Waals surface area contributed by atoms with E-state index in [0.717, 1.165) is 5.56 Å². The topological polar surface area (TPSA) is 99.0 Å². The first-order chi connectivity index (χ1) is 9.56. The third-order valence-electron chi connectivity index (χ3n) is 3.38. The van der Waals surface area contributed by atoms with Crippen molar-refractivity contribution in [2.75, 3.05) is 0 Å². The maximum atomic E-state index is 11.6. The highest BCUT2D eigenvalue weighted by molar-refractivity contribution is 5.67. The normalized spacial score (nSPS) is 29.8. The van der Waals surface area contributed by atoms with Gasteiger partial charge in [-0.1, -0.05) is 30.3 Å². The van der Waals surface area contributed by atoms with Crippen LogP contribution in [0, 0.1) is 0 Å². The average Bonchev–Trinajstić information content (AvgIpc) is 2.43. The second kappa shape index (κ2) is 6.69. The van der Waals surface area contributed by atoms with Crippen molar-refractivity contribution in [1.29, 1.82) is 0 Å². The Kier molecular flexibility index (Phi) is 4.94. The smallest absolute Gasteiger partial charge is 0.407 e. The summed E-state index contributed by atoms with van der Waals surface area (Å²) in [6.45, 7) is 0.160. The van der Waals surface area contributed by atoms with Crippen LogP contribution in [0.5, 0.6) is 0 Å². The fourth-order valence-electron chi connectivity index (χ4n) is 2.26. The van der Waals surface area contributed by atoms with Gasteiger partial charge in [0.1, 0.15) is 12.7 Å². The van der Waals surface area contributed by atoms with E-state index in [2.05, 4.69) is 5.32 Å². The fourth-order valence-corrected chi connectivity index (χ4v) is 2.26. The first kappa shape index (κ1) is 14.8. The molecule has 1 fully saturated rings. The number of hydrogen-bond donors (Lipinski definition) is 4. The Bertz CT molecular complexity index is 426. The molecule has 1 saturated carbocycles. The van der Waals surface area contributed by atoms with E-state index in [0.29, 0.717) is 0 Å². The van der Waals surface area contributed by atoms with Crippen LogP contribution in [0.25, 0.3) is 0 Å². The number of benzene rings is 1. The van der Waals surface area contributed by atoms with Gasteiger partial charge in [-0.2, -0.15) is 0 Å². The summed E-state index contributed by atoms with van der Waals surface area (Å²) in [5, 5.41) is 31.1. The summed E-state index contributed by atoms with van der Waals surface area (Å²) in [7, 11) is 0. The Morgan fingerprint density at radius 1 is 1.15 bits per heavy atom. The van der Waals surface area contributed by atoms with Crippen LogP contribution >= 0.6 is 0 Å². The molecule has 1 amide bonds. The molecule has 0 saturated heterocycles. The molecule has 1 aliphatic carbocycles. The molecule has 2 rings (SSSR count). The highest BCUT2D eigenvalue weighted by Crippen LogP contribution is 2.20. The second-order valence-electron chi connectivity index (χ2n) is 5.00. The van der Waals surface area contributed by atoms with Crippen LogP contribution in [-0.2, 0) is 11.3 Å². The fraction of sp³-hybridized carbons (Fsp3) is 0.500. The van der Waals surface area contributed by atoms with Crippen LogP contribution in [0.3, 0.4) is 0 Å². The van der Waals surface area contributed by atoms with Crippen LogP contribution in [0.4, 0.5) is 4.79 Å². The number of rotatable bonds is 3. The number of nitrogens with one attached hydrogen (secondary N) is 1. The first-order valence-electron chi connectivity index (χ1n) is 6.57. The molecule has 0 spiro atoms. The van der Waals surface area contributed by atoms with Gasteiger partial charge in [-0.25, -0.2) is 4.79 Å². The van der Waals surface area contributed by atoms with Gasteiger partial charge in [0.15, 0.2) is 0 Å². The third kappa shape index (κ3) is 3.93. The Labute approximate surface area is 117 Å². The predicted octanol–water partition coefficient (Wildman–Crippen LogP) is 0.158. The van der Waals surface area contributed by atoms with E-state index in [1.54, 1.807) is 0 Å². The zero-order valence-corrected chi connectivity index (χ0v) is 11.0. The van der Waals surface area contributed by atoms with Gasteiger partial charge < -0.3 is 25.4 Å². The Hall–Kier alpha value is -1.63. The molecule has 4 N–H and O–H groups in total. The highest BCUT2D eigenvalue weighted by Gasteiger charge is 2.35. The third-order valence-corrected chi connectivity index (χ3v) is 3.38. The van der Waals surface area contributed by atoms with E-state index in [1.807, 2.05) is 30.3 Å². The molecule has 0 aliphatic heterocycles. The number of aliphatic hydroxyl groups excluding tert-OH is 3. The Balaban J connectivity index is 1.77. The molecule has 0 aromatic heterocycles. The standard InChI is InChI=1S/C14H19NO5/c16-11-6-10(7-12(17)13(11)18)15-14(19)20-8-9-4-2-1-3-5-9/h1-5,10-13,16-18H,6-8H2,(H,15,19)/t10?,11-,12-,13?/m1/s1. The molecule has 1 aromatic carbocycles. The molecule has 2 atom stereocenters. The van der Waals surface area contributed by atoms with Crippen molar-refractivity contribution < 1.29 is 24.9 Å². The summed E-state index contributed by atoms with van der Waals surface area (Å²) >= 11 is 0. The molecule has 110 valence electrons. The minimum atomic E-state index is -1.16. The zero-order valence-electron chi connectivity index (χ0n) is 11.0. The Morgan fingerprint density at radius 2 is 1.75 bits per heavy atom. The van der Waals surface area contributed by atoms with Crippen molar-refractivity contribution in [1.82, 2.24) is 5.32 Å². The molecule has 20 heavy (non-hydrogen) atoms. The maximum absolute atomic E-state index is 11.6. The molecule has 6 heteroatoms. The monoisotopic (exact) mass is 281 g/mol. The summed E-state index contributed by atoms with van der Waals surface area (Å²) in [4.78, 5) is 11.6. The molecule has 1 aliphatic rings. The minimum absolute atomic E-state index is 0.160. The predicted molar refractivity (Wildman–Crippen MR) is 70.8 cm³/mol. The van der Waals surface area contributed by atoms with Crippen molar-refractivity contribution in [3.8, 4) is 0 Å². The molecular weight excluding hydrogens is 262 g/mol. The number of carbonyl (C=O) groups is 1. The van der Waals surface area contributed by atoms with Gasteiger partial charge in [-0.15, -0.1) is 0 Å². The Morgan fingerprint density at radius 3 is 2.35 bits per heavy atom. The summed E-state index contributed by atoms with van der Waals surface area (Å²) < 4.78 is 5.05. The van der Waals surface area contributed by atoms with Crippen LogP contribution in [0.15, 0.2) is 30.3 Å². The van der Waals surface area contributed by atoms with E-state index in [4.69, 9.17) is 4.74 Å². The molecule has 1 aromatic rings. The SMILES string of the molecule is O=C(NC1C[C@@H](O)C(O)[C@H](O)C1)OCc1ccccc1. The number of aliphatic hydroxyl groups is 3. The van der Waals surface area contributed by atoms with Crippen molar-refractivity contribution >= 4 is 6.09 Å². The van der Waals surface area contributed by atoms with Crippen LogP contribution in [-0.4, -0.2) is 45.8 Å². The molecular formula is C14H19NO5.